The van der Waals surface area contributed by atoms with Crippen molar-refractivity contribution in [2.24, 2.45) is 0 Å². The standard InChI is InChI=1S/C22H16F2N2O3S/c1-14-2-3-16(22-25-10-11-29-22)12-19(14)15-4-7-18(8-5-15)26-30(27,28)21-13-17(23)6-9-20(21)24/h2-13,26H,1H3. The van der Waals surface area contributed by atoms with Gasteiger partial charge in [0.25, 0.3) is 10.0 Å². The Hall–Kier alpha value is -3.52. The molecule has 1 aromatic heterocycles. The monoisotopic (exact) mass is 426 g/mol. The van der Waals surface area contributed by atoms with E-state index in [4.69, 9.17) is 4.42 Å². The highest BCUT2D eigenvalue weighted by atomic mass is 32.2. The summed E-state index contributed by atoms with van der Waals surface area (Å²) in [4.78, 5) is 3.40. The van der Waals surface area contributed by atoms with Crippen LogP contribution in [0, 0.1) is 18.6 Å². The van der Waals surface area contributed by atoms with Crippen molar-refractivity contribution in [3.05, 3.63) is 90.3 Å². The average Bonchev–Trinajstić information content (AvgIpc) is 3.25. The Kier molecular flexibility index (Phi) is 5.09. The van der Waals surface area contributed by atoms with Gasteiger partial charge in [0.15, 0.2) is 0 Å². The number of sulfonamides is 1. The van der Waals surface area contributed by atoms with Crippen LogP contribution >= 0.6 is 0 Å². The molecule has 0 aliphatic carbocycles. The Morgan fingerprint density at radius 2 is 1.67 bits per heavy atom. The fraction of sp³-hybridized carbons (Fsp3) is 0.0455. The smallest absolute Gasteiger partial charge is 0.264 e. The third-order valence-electron chi connectivity index (χ3n) is 4.55. The second-order valence-electron chi connectivity index (χ2n) is 6.62. The minimum absolute atomic E-state index is 0.226. The molecule has 0 amide bonds. The maximum atomic E-state index is 13.9. The molecule has 1 heterocycles. The van der Waals surface area contributed by atoms with Crippen molar-refractivity contribution in [1.29, 1.82) is 0 Å². The molecule has 0 saturated heterocycles. The largest absolute Gasteiger partial charge is 0.445 e. The number of rotatable bonds is 5. The highest BCUT2D eigenvalue weighted by molar-refractivity contribution is 7.92. The third-order valence-corrected chi connectivity index (χ3v) is 5.94. The molecule has 1 N–H and O–H groups in total. The van der Waals surface area contributed by atoms with Crippen molar-refractivity contribution in [3.63, 3.8) is 0 Å². The van der Waals surface area contributed by atoms with E-state index in [2.05, 4.69) is 9.71 Å². The van der Waals surface area contributed by atoms with Gasteiger partial charge in [0.1, 0.15) is 22.8 Å². The van der Waals surface area contributed by atoms with E-state index in [9.17, 15) is 17.2 Å². The van der Waals surface area contributed by atoms with Crippen LogP contribution in [-0.4, -0.2) is 13.4 Å². The van der Waals surface area contributed by atoms with Gasteiger partial charge in [-0.25, -0.2) is 22.2 Å². The first kappa shape index (κ1) is 19.8. The number of anilines is 1. The molecule has 0 spiro atoms. The lowest BCUT2D eigenvalue weighted by atomic mass is 9.98. The van der Waals surface area contributed by atoms with Crippen LogP contribution in [0.1, 0.15) is 5.56 Å². The molecule has 0 fully saturated rings. The van der Waals surface area contributed by atoms with E-state index >= 15 is 0 Å². The van der Waals surface area contributed by atoms with E-state index in [0.29, 0.717) is 12.0 Å². The molecule has 4 aromatic rings. The first-order chi connectivity index (χ1) is 14.3. The summed E-state index contributed by atoms with van der Waals surface area (Å²) in [6, 6.07) is 14.6. The van der Waals surface area contributed by atoms with Crippen molar-refractivity contribution in [2.75, 3.05) is 4.72 Å². The number of hydrogen-bond acceptors (Lipinski definition) is 4. The van der Waals surface area contributed by atoms with Crippen molar-refractivity contribution in [1.82, 2.24) is 4.98 Å². The molecule has 8 heteroatoms. The second-order valence-corrected chi connectivity index (χ2v) is 8.28. The highest BCUT2D eigenvalue weighted by Gasteiger charge is 2.20. The molecule has 0 saturated carbocycles. The Morgan fingerprint density at radius 3 is 2.37 bits per heavy atom. The fourth-order valence-electron chi connectivity index (χ4n) is 3.04. The van der Waals surface area contributed by atoms with Gasteiger partial charge in [-0.3, -0.25) is 4.72 Å². The lowest BCUT2D eigenvalue weighted by molar-refractivity contribution is 0.555. The van der Waals surface area contributed by atoms with E-state index < -0.39 is 26.6 Å². The lowest BCUT2D eigenvalue weighted by Crippen LogP contribution is -2.14. The number of benzene rings is 3. The van der Waals surface area contributed by atoms with Crippen molar-refractivity contribution >= 4 is 15.7 Å². The molecule has 152 valence electrons. The van der Waals surface area contributed by atoms with E-state index in [1.165, 1.54) is 6.26 Å². The summed E-state index contributed by atoms with van der Waals surface area (Å²) in [5.74, 6) is -1.37. The third kappa shape index (κ3) is 3.95. The molecule has 3 aromatic carbocycles. The van der Waals surface area contributed by atoms with Gasteiger partial charge in [-0.05, 0) is 66.1 Å². The summed E-state index contributed by atoms with van der Waals surface area (Å²) in [5.41, 5.74) is 3.83. The van der Waals surface area contributed by atoms with Gasteiger partial charge in [-0.1, -0.05) is 18.2 Å². The van der Waals surface area contributed by atoms with Gasteiger partial charge in [-0.2, -0.15) is 0 Å². The number of nitrogens with one attached hydrogen (secondary N) is 1. The molecular weight excluding hydrogens is 410 g/mol. The Balaban J connectivity index is 1.62. The van der Waals surface area contributed by atoms with E-state index in [1.54, 1.807) is 30.5 Å². The van der Waals surface area contributed by atoms with E-state index in [1.807, 2.05) is 25.1 Å². The van der Waals surface area contributed by atoms with Gasteiger partial charge in [0.05, 0.1) is 6.20 Å². The zero-order chi connectivity index (χ0) is 21.3. The Morgan fingerprint density at radius 1 is 0.933 bits per heavy atom. The summed E-state index contributed by atoms with van der Waals surface area (Å²) >= 11 is 0. The van der Waals surface area contributed by atoms with Crippen LogP contribution in [0.4, 0.5) is 14.5 Å². The van der Waals surface area contributed by atoms with Crippen LogP contribution in [0.2, 0.25) is 0 Å². The number of hydrogen-bond donors (Lipinski definition) is 1. The Labute approximate surface area is 172 Å². The zero-order valence-corrected chi connectivity index (χ0v) is 16.6. The van der Waals surface area contributed by atoms with Crippen molar-refractivity contribution in [2.45, 2.75) is 11.8 Å². The first-order valence-corrected chi connectivity index (χ1v) is 10.4. The summed E-state index contributed by atoms with van der Waals surface area (Å²) in [6.45, 7) is 1.96. The molecule has 0 aliphatic rings. The van der Waals surface area contributed by atoms with Crippen molar-refractivity contribution < 1.29 is 21.6 Å². The zero-order valence-electron chi connectivity index (χ0n) is 15.8. The van der Waals surface area contributed by atoms with Gasteiger partial charge in [-0.15, -0.1) is 0 Å². The molecule has 5 nitrogen and oxygen atoms in total. The van der Waals surface area contributed by atoms with Gasteiger partial charge in [0.2, 0.25) is 5.89 Å². The van der Waals surface area contributed by atoms with E-state index in [0.717, 1.165) is 34.4 Å². The van der Waals surface area contributed by atoms with Gasteiger partial charge >= 0.3 is 0 Å². The summed E-state index contributed by atoms with van der Waals surface area (Å²) < 4.78 is 59.7. The predicted octanol–water partition coefficient (Wildman–Crippen LogP) is 5.40. The number of halogens is 2. The number of oxazole rings is 1. The lowest BCUT2D eigenvalue weighted by Gasteiger charge is -2.11. The van der Waals surface area contributed by atoms with Crippen LogP contribution in [0.3, 0.4) is 0 Å². The molecule has 0 aliphatic heterocycles. The summed E-state index contributed by atoms with van der Waals surface area (Å²) in [5, 5.41) is 0. The fourth-order valence-corrected chi connectivity index (χ4v) is 4.19. The number of aryl methyl sites for hydroxylation is 1. The molecule has 0 bridgehead atoms. The normalized spacial score (nSPS) is 11.4. The number of aromatic nitrogens is 1. The van der Waals surface area contributed by atoms with Gasteiger partial charge in [0, 0.05) is 11.3 Å². The quantitative estimate of drug-likeness (QED) is 0.464. The highest BCUT2D eigenvalue weighted by Crippen LogP contribution is 2.30. The SMILES string of the molecule is Cc1ccc(-c2ncco2)cc1-c1ccc(NS(=O)(=O)c2cc(F)ccc2F)cc1. The van der Waals surface area contributed by atoms with Crippen LogP contribution < -0.4 is 4.72 Å². The Bertz CT molecular complexity index is 1300. The second kappa shape index (κ2) is 7.72. The van der Waals surface area contributed by atoms with Crippen molar-refractivity contribution in [3.8, 4) is 22.6 Å². The number of nitrogens with zero attached hydrogens (tertiary/aromatic N) is 1. The molecule has 30 heavy (non-hydrogen) atoms. The summed E-state index contributed by atoms with van der Waals surface area (Å²) in [7, 11) is -4.27. The minimum atomic E-state index is -4.27. The topological polar surface area (TPSA) is 72.2 Å². The molecule has 0 unspecified atom stereocenters. The van der Waals surface area contributed by atoms with Crippen LogP contribution in [0.5, 0.6) is 0 Å². The minimum Gasteiger partial charge on any atom is -0.445 e. The molecule has 4 rings (SSSR count). The summed E-state index contributed by atoms with van der Waals surface area (Å²) in [6.07, 6.45) is 3.06. The molecule has 0 radical (unpaired) electrons. The van der Waals surface area contributed by atoms with Gasteiger partial charge < -0.3 is 4.42 Å². The van der Waals surface area contributed by atoms with Crippen LogP contribution in [0.15, 0.2) is 82.4 Å². The predicted molar refractivity (Wildman–Crippen MR) is 109 cm³/mol. The average molecular weight is 426 g/mol. The van der Waals surface area contributed by atoms with Crippen LogP contribution in [-0.2, 0) is 10.0 Å². The molecule has 0 atom stereocenters. The van der Waals surface area contributed by atoms with E-state index in [-0.39, 0.29) is 5.69 Å². The van der Waals surface area contributed by atoms with Crippen LogP contribution in [0.25, 0.3) is 22.6 Å². The maximum absolute atomic E-state index is 13.9. The molecular formula is C22H16F2N2O3S. The maximum Gasteiger partial charge on any atom is 0.264 e. The first-order valence-electron chi connectivity index (χ1n) is 8.92.